The Morgan fingerprint density at radius 1 is 1.04 bits per heavy atom. The van der Waals surface area contributed by atoms with E-state index in [0.29, 0.717) is 0 Å². The highest BCUT2D eigenvalue weighted by molar-refractivity contribution is 6.09. The SMILES string of the molecule is COC(OC)C(C)NC(=O)C(C(C)=O)c1c(C)ccc2ccccc12. The van der Waals surface area contributed by atoms with Crippen molar-refractivity contribution >= 4 is 22.5 Å². The minimum atomic E-state index is -0.872. The van der Waals surface area contributed by atoms with Gasteiger partial charge in [-0.15, -0.1) is 0 Å². The Balaban J connectivity index is 2.44. The summed E-state index contributed by atoms with van der Waals surface area (Å²) in [6.07, 6.45) is -0.579. The van der Waals surface area contributed by atoms with Gasteiger partial charge in [0.05, 0.1) is 6.04 Å². The van der Waals surface area contributed by atoms with E-state index in [1.807, 2.05) is 43.3 Å². The summed E-state index contributed by atoms with van der Waals surface area (Å²) in [5, 5.41) is 4.76. The largest absolute Gasteiger partial charge is 0.354 e. The first-order chi connectivity index (χ1) is 11.9. The highest BCUT2D eigenvalue weighted by Crippen LogP contribution is 2.30. The van der Waals surface area contributed by atoms with E-state index in [2.05, 4.69) is 5.32 Å². The number of rotatable bonds is 7. The molecule has 2 unspecified atom stereocenters. The molecule has 0 radical (unpaired) electrons. The van der Waals surface area contributed by atoms with Crippen LogP contribution in [0.3, 0.4) is 0 Å². The molecular weight excluding hydrogens is 318 g/mol. The first-order valence-corrected chi connectivity index (χ1v) is 8.25. The number of hydrogen-bond acceptors (Lipinski definition) is 4. The topological polar surface area (TPSA) is 64.6 Å². The maximum atomic E-state index is 12.9. The Bertz CT molecular complexity index is 767. The summed E-state index contributed by atoms with van der Waals surface area (Å²) in [5.74, 6) is -1.42. The van der Waals surface area contributed by atoms with Crippen LogP contribution in [0.4, 0.5) is 0 Å². The molecule has 2 atom stereocenters. The van der Waals surface area contributed by atoms with Crippen molar-refractivity contribution in [3.8, 4) is 0 Å². The summed E-state index contributed by atoms with van der Waals surface area (Å²) < 4.78 is 10.4. The molecule has 0 heterocycles. The first kappa shape index (κ1) is 19.1. The molecule has 0 saturated carbocycles. The number of methoxy groups -OCH3 is 2. The average Bonchev–Trinajstić information content (AvgIpc) is 2.58. The average molecular weight is 343 g/mol. The predicted molar refractivity (Wildman–Crippen MR) is 97.5 cm³/mol. The van der Waals surface area contributed by atoms with Gasteiger partial charge in [-0.2, -0.15) is 0 Å². The van der Waals surface area contributed by atoms with Gasteiger partial charge in [-0.25, -0.2) is 0 Å². The molecule has 0 fully saturated rings. The van der Waals surface area contributed by atoms with E-state index in [9.17, 15) is 9.59 Å². The number of ether oxygens (including phenoxy) is 2. The second kappa shape index (κ2) is 8.23. The van der Waals surface area contributed by atoms with Crippen LogP contribution in [0.15, 0.2) is 36.4 Å². The van der Waals surface area contributed by atoms with Crippen molar-refractivity contribution in [1.82, 2.24) is 5.32 Å². The van der Waals surface area contributed by atoms with Crippen molar-refractivity contribution < 1.29 is 19.1 Å². The minimum absolute atomic E-state index is 0.199. The summed E-state index contributed by atoms with van der Waals surface area (Å²) in [7, 11) is 3.02. The molecule has 0 aliphatic carbocycles. The molecular formula is C20H25NO4. The van der Waals surface area contributed by atoms with E-state index in [-0.39, 0.29) is 17.7 Å². The van der Waals surface area contributed by atoms with Crippen LogP contribution in [0.25, 0.3) is 10.8 Å². The van der Waals surface area contributed by atoms with Gasteiger partial charge in [0.15, 0.2) is 6.29 Å². The first-order valence-electron chi connectivity index (χ1n) is 8.25. The number of aryl methyl sites for hydroxylation is 1. The third-order valence-electron chi connectivity index (χ3n) is 4.39. The smallest absolute Gasteiger partial charge is 0.235 e. The summed E-state index contributed by atoms with van der Waals surface area (Å²) in [6, 6.07) is 11.3. The number of Topliss-reactive ketones (excluding diaryl/α,β-unsaturated/α-hetero) is 1. The van der Waals surface area contributed by atoms with Crippen LogP contribution in [0.1, 0.15) is 30.9 Å². The lowest BCUT2D eigenvalue weighted by atomic mass is 9.86. The summed E-state index contributed by atoms with van der Waals surface area (Å²) >= 11 is 0. The molecule has 2 aromatic rings. The fourth-order valence-corrected chi connectivity index (χ4v) is 3.19. The summed E-state index contributed by atoms with van der Waals surface area (Å²) in [6.45, 7) is 5.14. The number of benzene rings is 2. The van der Waals surface area contributed by atoms with Gasteiger partial charge in [-0.1, -0.05) is 36.4 Å². The maximum absolute atomic E-state index is 12.9. The number of hydrogen-bond donors (Lipinski definition) is 1. The lowest BCUT2D eigenvalue weighted by Gasteiger charge is -2.25. The van der Waals surface area contributed by atoms with E-state index in [1.54, 1.807) is 6.92 Å². The molecule has 0 saturated heterocycles. The lowest BCUT2D eigenvalue weighted by molar-refractivity contribution is -0.139. The second-order valence-electron chi connectivity index (χ2n) is 6.20. The van der Waals surface area contributed by atoms with Crippen LogP contribution in [0.2, 0.25) is 0 Å². The number of carbonyl (C=O) groups excluding carboxylic acids is 2. The molecule has 2 rings (SSSR count). The highest BCUT2D eigenvalue weighted by atomic mass is 16.7. The molecule has 0 aromatic heterocycles. The van der Waals surface area contributed by atoms with Crippen molar-refractivity contribution in [3.05, 3.63) is 47.5 Å². The Hall–Kier alpha value is -2.24. The van der Waals surface area contributed by atoms with Crippen LogP contribution in [0, 0.1) is 6.92 Å². The number of nitrogens with one attached hydrogen (secondary N) is 1. The van der Waals surface area contributed by atoms with Crippen molar-refractivity contribution in [1.29, 1.82) is 0 Å². The molecule has 0 aliphatic rings. The molecule has 0 spiro atoms. The van der Waals surface area contributed by atoms with Crippen LogP contribution < -0.4 is 5.32 Å². The molecule has 5 nitrogen and oxygen atoms in total. The molecule has 25 heavy (non-hydrogen) atoms. The van der Waals surface area contributed by atoms with Gasteiger partial charge in [0, 0.05) is 14.2 Å². The molecule has 1 amide bonds. The van der Waals surface area contributed by atoms with Gasteiger partial charge in [0.25, 0.3) is 0 Å². The van der Waals surface area contributed by atoms with Gasteiger partial charge in [0.2, 0.25) is 5.91 Å². The van der Waals surface area contributed by atoms with Crippen molar-refractivity contribution in [2.75, 3.05) is 14.2 Å². The molecule has 0 bridgehead atoms. The van der Waals surface area contributed by atoms with E-state index < -0.39 is 12.2 Å². The summed E-state index contributed by atoms with van der Waals surface area (Å²) in [5.41, 5.74) is 1.67. The third-order valence-corrected chi connectivity index (χ3v) is 4.39. The normalized spacial score (nSPS) is 13.7. The predicted octanol–water partition coefficient (Wildman–Crippen LogP) is 2.94. The van der Waals surface area contributed by atoms with Crippen molar-refractivity contribution in [2.45, 2.75) is 39.0 Å². The lowest BCUT2D eigenvalue weighted by Crippen LogP contribution is -2.46. The fraction of sp³-hybridized carbons (Fsp3) is 0.400. The quantitative estimate of drug-likeness (QED) is 0.620. The van der Waals surface area contributed by atoms with Crippen molar-refractivity contribution in [3.63, 3.8) is 0 Å². The number of fused-ring (bicyclic) bond motifs is 1. The molecule has 1 N–H and O–H groups in total. The van der Waals surface area contributed by atoms with E-state index in [0.717, 1.165) is 21.9 Å². The zero-order valence-electron chi connectivity index (χ0n) is 15.3. The van der Waals surface area contributed by atoms with Crippen molar-refractivity contribution in [2.24, 2.45) is 0 Å². The Labute approximate surface area is 148 Å². The summed E-state index contributed by atoms with van der Waals surface area (Å²) in [4.78, 5) is 25.2. The fourth-order valence-electron chi connectivity index (χ4n) is 3.19. The molecule has 5 heteroatoms. The monoisotopic (exact) mass is 343 g/mol. The number of ketones is 1. The second-order valence-corrected chi connectivity index (χ2v) is 6.20. The van der Waals surface area contributed by atoms with E-state index in [4.69, 9.17) is 9.47 Å². The van der Waals surface area contributed by atoms with Crippen LogP contribution in [-0.4, -0.2) is 38.2 Å². The van der Waals surface area contributed by atoms with Gasteiger partial charge < -0.3 is 14.8 Å². The van der Waals surface area contributed by atoms with Crippen LogP contribution >= 0.6 is 0 Å². The van der Waals surface area contributed by atoms with Gasteiger partial charge in [0.1, 0.15) is 11.7 Å². The zero-order valence-corrected chi connectivity index (χ0v) is 15.3. The van der Waals surface area contributed by atoms with E-state index >= 15 is 0 Å². The molecule has 134 valence electrons. The van der Waals surface area contributed by atoms with Crippen LogP contribution in [0.5, 0.6) is 0 Å². The molecule has 2 aromatic carbocycles. The Morgan fingerprint density at radius 3 is 2.28 bits per heavy atom. The van der Waals surface area contributed by atoms with E-state index in [1.165, 1.54) is 21.1 Å². The Kier molecular flexibility index (Phi) is 6.28. The standard InChI is InChI=1S/C20H25NO4/c1-12-10-11-15-8-6-7-9-16(15)17(12)18(14(3)22)19(23)21-13(2)20(24-4)25-5/h6-11,13,18,20H,1-5H3,(H,21,23). The maximum Gasteiger partial charge on any atom is 0.235 e. The number of carbonyl (C=O) groups is 2. The van der Waals surface area contributed by atoms with Gasteiger partial charge in [-0.05, 0) is 42.7 Å². The Morgan fingerprint density at radius 2 is 1.68 bits per heavy atom. The van der Waals surface area contributed by atoms with Crippen LogP contribution in [-0.2, 0) is 19.1 Å². The van der Waals surface area contributed by atoms with Gasteiger partial charge >= 0.3 is 0 Å². The third kappa shape index (κ3) is 4.06. The highest BCUT2D eigenvalue weighted by Gasteiger charge is 2.30. The minimum Gasteiger partial charge on any atom is -0.354 e. The molecule has 0 aliphatic heterocycles. The number of amides is 1. The van der Waals surface area contributed by atoms with Gasteiger partial charge in [-0.3, -0.25) is 9.59 Å². The zero-order chi connectivity index (χ0) is 18.6.